The Hall–Kier alpha value is -2.22. The Balaban J connectivity index is 2.31. The van der Waals surface area contributed by atoms with Gasteiger partial charge in [0.2, 0.25) is 0 Å². The molecule has 1 atom stereocenters. The van der Waals surface area contributed by atoms with Crippen LogP contribution in [-0.2, 0) is 9.53 Å². The van der Waals surface area contributed by atoms with Crippen LogP contribution in [0.1, 0.15) is 18.5 Å². The van der Waals surface area contributed by atoms with Crippen LogP contribution in [0.4, 0.5) is 18.0 Å². The fourth-order valence-electron chi connectivity index (χ4n) is 2.09. The molecule has 1 aromatic rings. The van der Waals surface area contributed by atoms with E-state index in [4.69, 9.17) is 11.6 Å². The minimum Gasteiger partial charge on any atom is -0.453 e. The largest absolute Gasteiger partial charge is 0.453 e. The maximum absolute atomic E-state index is 12.2. The fourth-order valence-corrected chi connectivity index (χ4v) is 2.22. The van der Waals surface area contributed by atoms with E-state index in [1.807, 2.05) is 0 Å². The first kappa shape index (κ1) is 17.1. The predicted octanol–water partition coefficient (Wildman–Crippen LogP) is 3.07. The molecule has 0 radical (unpaired) electrons. The highest BCUT2D eigenvalue weighted by molar-refractivity contribution is 6.30. The minimum absolute atomic E-state index is 0.101. The summed E-state index contributed by atoms with van der Waals surface area (Å²) < 4.78 is 40.9. The van der Waals surface area contributed by atoms with E-state index < -0.39 is 30.8 Å². The Morgan fingerprint density at radius 1 is 1.30 bits per heavy atom. The van der Waals surface area contributed by atoms with Crippen molar-refractivity contribution < 1.29 is 27.5 Å². The number of alkyl halides is 3. The lowest BCUT2D eigenvalue weighted by atomic mass is 9.96. The summed E-state index contributed by atoms with van der Waals surface area (Å²) in [7, 11) is 0. The van der Waals surface area contributed by atoms with Gasteiger partial charge >= 0.3 is 18.2 Å². The number of amides is 2. The van der Waals surface area contributed by atoms with Crippen LogP contribution in [-0.4, -0.2) is 24.8 Å². The molecule has 1 aliphatic rings. The normalized spacial score (nSPS) is 18.3. The Kier molecular flexibility index (Phi) is 4.84. The van der Waals surface area contributed by atoms with Crippen LogP contribution >= 0.6 is 11.6 Å². The standard InChI is InChI=1S/C14H12ClF3N2O3/c1-7-10(12(21)23-6-14(16,17)18)11(20-13(22)19-7)8-2-4-9(15)5-3-8/h2-5,11H,6H2,1H3,(H2,19,20,22)/t11-/m0/s1. The van der Waals surface area contributed by atoms with Crippen molar-refractivity contribution in [2.24, 2.45) is 0 Å². The summed E-state index contributed by atoms with van der Waals surface area (Å²) in [5.74, 6) is -1.16. The predicted molar refractivity (Wildman–Crippen MR) is 75.6 cm³/mol. The number of hydrogen-bond donors (Lipinski definition) is 2. The number of carbonyl (C=O) groups is 2. The number of benzene rings is 1. The van der Waals surface area contributed by atoms with E-state index in [0.29, 0.717) is 10.6 Å². The summed E-state index contributed by atoms with van der Waals surface area (Å²) >= 11 is 5.78. The van der Waals surface area contributed by atoms with Gasteiger partial charge in [0.25, 0.3) is 0 Å². The van der Waals surface area contributed by atoms with Gasteiger partial charge in [0.15, 0.2) is 6.61 Å². The van der Waals surface area contributed by atoms with E-state index in [0.717, 1.165) is 0 Å². The Morgan fingerprint density at radius 3 is 2.48 bits per heavy atom. The van der Waals surface area contributed by atoms with Crippen LogP contribution in [0.25, 0.3) is 0 Å². The molecule has 0 spiro atoms. The zero-order valence-electron chi connectivity index (χ0n) is 11.8. The molecule has 0 fully saturated rings. The van der Waals surface area contributed by atoms with Crippen molar-refractivity contribution in [2.75, 3.05) is 6.61 Å². The van der Waals surface area contributed by atoms with E-state index in [2.05, 4.69) is 15.4 Å². The Morgan fingerprint density at radius 2 is 1.91 bits per heavy atom. The number of carbonyl (C=O) groups excluding carboxylic acids is 2. The number of ether oxygens (including phenoxy) is 1. The molecule has 0 unspecified atom stereocenters. The molecule has 0 bridgehead atoms. The number of urea groups is 1. The molecule has 2 rings (SSSR count). The van der Waals surface area contributed by atoms with Gasteiger partial charge in [-0.05, 0) is 24.6 Å². The third-order valence-corrected chi connectivity index (χ3v) is 3.31. The van der Waals surface area contributed by atoms with Crippen LogP contribution < -0.4 is 10.6 Å². The minimum atomic E-state index is -4.63. The third-order valence-electron chi connectivity index (χ3n) is 3.06. The van der Waals surface area contributed by atoms with Crippen molar-refractivity contribution >= 4 is 23.6 Å². The molecule has 5 nitrogen and oxygen atoms in total. The van der Waals surface area contributed by atoms with E-state index in [1.54, 1.807) is 24.3 Å². The second-order valence-corrected chi connectivity index (χ2v) is 5.25. The van der Waals surface area contributed by atoms with Gasteiger partial charge in [-0.2, -0.15) is 13.2 Å². The van der Waals surface area contributed by atoms with Crippen LogP contribution in [0.2, 0.25) is 5.02 Å². The molecule has 1 aromatic carbocycles. The molecular formula is C14H12ClF3N2O3. The number of hydrogen-bond acceptors (Lipinski definition) is 3. The number of rotatable bonds is 3. The summed E-state index contributed by atoms with van der Waals surface area (Å²) in [5, 5.41) is 5.26. The van der Waals surface area contributed by atoms with Gasteiger partial charge in [0, 0.05) is 10.7 Å². The molecule has 2 N–H and O–H groups in total. The average molecular weight is 349 g/mol. The van der Waals surface area contributed by atoms with Crippen molar-refractivity contribution in [1.29, 1.82) is 0 Å². The summed E-state index contributed by atoms with van der Waals surface area (Å²) in [4.78, 5) is 23.6. The SMILES string of the molecule is CC1=C(C(=O)OCC(F)(F)F)[C@H](c2ccc(Cl)cc2)NC(=O)N1. The Labute approximate surface area is 134 Å². The van der Waals surface area contributed by atoms with Crippen LogP contribution in [0.15, 0.2) is 35.5 Å². The Bertz CT molecular complexity index is 656. The molecule has 2 amide bonds. The summed E-state index contributed by atoms with van der Waals surface area (Å²) in [6.07, 6.45) is -4.63. The summed E-state index contributed by atoms with van der Waals surface area (Å²) in [6, 6.07) is 4.70. The molecule has 23 heavy (non-hydrogen) atoms. The van der Waals surface area contributed by atoms with Crippen molar-refractivity contribution in [3.05, 3.63) is 46.1 Å². The highest BCUT2D eigenvalue weighted by Gasteiger charge is 2.35. The van der Waals surface area contributed by atoms with Gasteiger partial charge in [0.05, 0.1) is 11.6 Å². The first-order valence-corrected chi connectivity index (χ1v) is 6.83. The molecule has 0 saturated carbocycles. The number of esters is 1. The molecular weight excluding hydrogens is 337 g/mol. The molecule has 1 heterocycles. The molecule has 9 heteroatoms. The highest BCUT2D eigenvalue weighted by atomic mass is 35.5. The van der Waals surface area contributed by atoms with Crippen molar-refractivity contribution in [1.82, 2.24) is 10.6 Å². The molecule has 0 aliphatic carbocycles. The first-order valence-electron chi connectivity index (χ1n) is 6.45. The second-order valence-electron chi connectivity index (χ2n) is 4.81. The average Bonchev–Trinajstić information content (AvgIpc) is 2.44. The highest BCUT2D eigenvalue weighted by Crippen LogP contribution is 2.29. The fraction of sp³-hybridized carbons (Fsp3) is 0.286. The number of nitrogens with one attached hydrogen (secondary N) is 2. The number of allylic oxidation sites excluding steroid dienone is 1. The molecule has 0 saturated heterocycles. The van der Waals surface area contributed by atoms with E-state index >= 15 is 0 Å². The van der Waals surface area contributed by atoms with Crippen molar-refractivity contribution in [3.8, 4) is 0 Å². The van der Waals surface area contributed by atoms with Crippen LogP contribution in [0, 0.1) is 0 Å². The van der Waals surface area contributed by atoms with Crippen LogP contribution in [0.5, 0.6) is 0 Å². The zero-order chi connectivity index (χ0) is 17.2. The maximum Gasteiger partial charge on any atom is 0.422 e. The maximum atomic E-state index is 12.2. The third kappa shape index (κ3) is 4.38. The number of halogens is 4. The molecule has 1 aliphatic heterocycles. The second kappa shape index (κ2) is 6.49. The summed E-state index contributed by atoms with van der Waals surface area (Å²) in [5.41, 5.74) is 0.514. The quantitative estimate of drug-likeness (QED) is 0.825. The van der Waals surface area contributed by atoms with Gasteiger partial charge in [-0.25, -0.2) is 9.59 Å². The lowest BCUT2D eigenvalue weighted by Crippen LogP contribution is -2.45. The first-order chi connectivity index (χ1) is 10.7. The van der Waals surface area contributed by atoms with E-state index in [1.165, 1.54) is 6.92 Å². The van der Waals surface area contributed by atoms with Gasteiger partial charge < -0.3 is 15.4 Å². The zero-order valence-corrected chi connectivity index (χ0v) is 12.6. The lowest BCUT2D eigenvalue weighted by molar-refractivity contribution is -0.183. The van der Waals surface area contributed by atoms with Gasteiger partial charge in [-0.3, -0.25) is 0 Å². The smallest absolute Gasteiger partial charge is 0.422 e. The van der Waals surface area contributed by atoms with E-state index in [9.17, 15) is 22.8 Å². The molecule has 124 valence electrons. The van der Waals surface area contributed by atoms with Gasteiger partial charge in [-0.1, -0.05) is 23.7 Å². The van der Waals surface area contributed by atoms with Crippen molar-refractivity contribution in [2.45, 2.75) is 19.1 Å². The van der Waals surface area contributed by atoms with Crippen LogP contribution in [0.3, 0.4) is 0 Å². The van der Waals surface area contributed by atoms with Gasteiger partial charge in [0.1, 0.15) is 0 Å². The topological polar surface area (TPSA) is 67.4 Å². The monoisotopic (exact) mass is 348 g/mol. The van der Waals surface area contributed by atoms with Gasteiger partial charge in [-0.15, -0.1) is 0 Å². The molecule has 0 aromatic heterocycles. The van der Waals surface area contributed by atoms with E-state index in [-0.39, 0.29) is 11.3 Å². The summed E-state index contributed by atoms with van der Waals surface area (Å²) in [6.45, 7) is -0.296. The van der Waals surface area contributed by atoms with Crippen molar-refractivity contribution in [3.63, 3.8) is 0 Å². The lowest BCUT2D eigenvalue weighted by Gasteiger charge is -2.28.